The van der Waals surface area contributed by atoms with E-state index in [1.165, 1.54) is 5.56 Å². The molecule has 4 nitrogen and oxygen atoms in total. The van der Waals surface area contributed by atoms with E-state index in [1.807, 2.05) is 24.5 Å². The van der Waals surface area contributed by atoms with Gasteiger partial charge >= 0.3 is 0 Å². The highest BCUT2D eigenvalue weighted by Crippen LogP contribution is 2.13. The van der Waals surface area contributed by atoms with Crippen LogP contribution in [0.1, 0.15) is 12.0 Å². The summed E-state index contributed by atoms with van der Waals surface area (Å²) in [7, 11) is 1.72. The third-order valence-electron chi connectivity index (χ3n) is 2.80. The van der Waals surface area contributed by atoms with Gasteiger partial charge in [0, 0.05) is 43.7 Å². The quantitative estimate of drug-likeness (QED) is 0.795. The molecule has 0 amide bonds. The molecule has 0 aliphatic heterocycles. The number of halogens is 1. The summed E-state index contributed by atoms with van der Waals surface area (Å²) in [6, 6.07) is 8.25. The van der Waals surface area contributed by atoms with Crippen molar-refractivity contribution in [2.75, 3.05) is 19.0 Å². The van der Waals surface area contributed by atoms with Crippen LogP contribution in [0, 0.1) is 0 Å². The first-order chi connectivity index (χ1) is 9.29. The molecule has 1 aromatic carbocycles. The van der Waals surface area contributed by atoms with Gasteiger partial charge in [-0.05, 0) is 24.1 Å². The number of imidazole rings is 1. The van der Waals surface area contributed by atoms with E-state index in [1.54, 1.807) is 7.11 Å². The molecule has 0 fully saturated rings. The van der Waals surface area contributed by atoms with E-state index in [-0.39, 0.29) is 0 Å². The summed E-state index contributed by atoms with van der Waals surface area (Å²) < 4.78 is 8.26. The van der Waals surface area contributed by atoms with E-state index in [0.717, 1.165) is 36.5 Å². The minimum atomic E-state index is 0.765. The van der Waals surface area contributed by atoms with Gasteiger partial charge in [-0.25, -0.2) is 4.98 Å². The van der Waals surface area contributed by atoms with Gasteiger partial charge in [0.15, 0.2) is 0 Å². The summed E-state index contributed by atoms with van der Waals surface area (Å²) >= 11 is 3.47. The monoisotopic (exact) mass is 323 g/mol. The summed E-state index contributed by atoms with van der Waals surface area (Å²) in [6.45, 7) is 2.44. The number of hydrogen-bond acceptors (Lipinski definition) is 3. The normalized spacial score (nSPS) is 10.6. The summed E-state index contributed by atoms with van der Waals surface area (Å²) in [5.74, 6) is 0.899. The van der Waals surface area contributed by atoms with E-state index in [9.17, 15) is 0 Å². The molecule has 0 bridgehead atoms. The van der Waals surface area contributed by atoms with Crippen LogP contribution in [0.15, 0.2) is 41.1 Å². The van der Waals surface area contributed by atoms with Crippen molar-refractivity contribution in [1.82, 2.24) is 9.55 Å². The Bertz CT molecular complexity index is 513. The highest BCUT2D eigenvalue weighted by Gasteiger charge is 2.02. The highest BCUT2D eigenvalue weighted by molar-refractivity contribution is 9.10. The van der Waals surface area contributed by atoms with E-state index in [0.29, 0.717) is 0 Å². The zero-order valence-electron chi connectivity index (χ0n) is 11.0. The molecule has 0 spiro atoms. The molecule has 2 aromatic rings. The van der Waals surface area contributed by atoms with Crippen molar-refractivity contribution < 1.29 is 4.74 Å². The van der Waals surface area contributed by atoms with Gasteiger partial charge in [-0.1, -0.05) is 28.1 Å². The lowest BCUT2D eigenvalue weighted by Crippen LogP contribution is -2.08. The number of anilines is 1. The molecule has 0 saturated heterocycles. The number of aromatic nitrogens is 2. The molecule has 5 heteroatoms. The van der Waals surface area contributed by atoms with E-state index >= 15 is 0 Å². The average molecular weight is 324 g/mol. The van der Waals surface area contributed by atoms with E-state index < -0.39 is 0 Å². The van der Waals surface area contributed by atoms with Gasteiger partial charge < -0.3 is 14.6 Å². The highest BCUT2D eigenvalue weighted by atomic mass is 79.9. The third kappa shape index (κ3) is 4.36. The Morgan fingerprint density at radius 2 is 2.32 bits per heavy atom. The molecule has 1 N–H and O–H groups in total. The maximum Gasteiger partial charge on any atom is 0.203 e. The topological polar surface area (TPSA) is 39.1 Å². The Morgan fingerprint density at radius 3 is 3.11 bits per heavy atom. The number of rotatable bonds is 7. The molecule has 102 valence electrons. The van der Waals surface area contributed by atoms with Gasteiger partial charge in [0.05, 0.1) is 0 Å². The fourth-order valence-electron chi connectivity index (χ4n) is 1.86. The van der Waals surface area contributed by atoms with Crippen molar-refractivity contribution in [3.8, 4) is 0 Å². The van der Waals surface area contributed by atoms with Crippen molar-refractivity contribution in [1.29, 1.82) is 0 Å². The SMILES string of the molecule is COCCCn1ccnc1NCc1cccc(Br)c1. The molecule has 1 heterocycles. The smallest absolute Gasteiger partial charge is 0.203 e. The number of ether oxygens (including phenoxy) is 1. The first-order valence-corrected chi connectivity index (χ1v) is 7.07. The van der Waals surface area contributed by atoms with E-state index in [4.69, 9.17) is 4.74 Å². The van der Waals surface area contributed by atoms with Gasteiger partial charge in [-0.3, -0.25) is 0 Å². The molecule has 19 heavy (non-hydrogen) atoms. The second kappa shape index (κ2) is 7.31. The minimum Gasteiger partial charge on any atom is -0.385 e. The van der Waals surface area contributed by atoms with Crippen LogP contribution >= 0.6 is 15.9 Å². The predicted octanol–water partition coefficient (Wildman–Crippen LogP) is 3.29. The zero-order valence-corrected chi connectivity index (χ0v) is 12.6. The fourth-order valence-corrected chi connectivity index (χ4v) is 2.31. The Labute approximate surface area is 121 Å². The molecule has 1 aromatic heterocycles. The number of hydrogen-bond donors (Lipinski definition) is 1. The van der Waals surface area contributed by atoms with Crippen molar-refractivity contribution >= 4 is 21.9 Å². The lowest BCUT2D eigenvalue weighted by molar-refractivity contribution is 0.190. The second-order valence-corrected chi connectivity index (χ2v) is 5.19. The summed E-state index contributed by atoms with van der Waals surface area (Å²) in [5, 5.41) is 3.35. The first kappa shape index (κ1) is 14.1. The predicted molar refractivity (Wildman–Crippen MR) is 80.2 cm³/mol. The number of nitrogens with one attached hydrogen (secondary N) is 1. The van der Waals surface area contributed by atoms with Gasteiger partial charge in [0.2, 0.25) is 5.95 Å². The second-order valence-electron chi connectivity index (χ2n) is 4.27. The lowest BCUT2D eigenvalue weighted by Gasteiger charge is -2.10. The van der Waals surface area contributed by atoms with Crippen LogP contribution in [-0.4, -0.2) is 23.3 Å². The van der Waals surface area contributed by atoms with Crippen molar-refractivity contribution in [2.24, 2.45) is 0 Å². The zero-order chi connectivity index (χ0) is 13.5. The molecule has 0 atom stereocenters. The number of benzene rings is 1. The Hall–Kier alpha value is -1.33. The van der Waals surface area contributed by atoms with Crippen LogP contribution in [0.25, 0.3) is 0 Å². The first-order valence-electron chi connectivity index (χ1n) is 6.28. The van der Waals surface area contributed by atoms with Crippen molar-refractivity contribution in [3.05, 3.63) is 46.7 Å². The molecular weight excluding hydrogens is 306 g/mol. The maximum absolute atomic E-state index is 5.06. The molecule has 0 saturated carbocycles. The van der Waals surface area contributed by atoms with Gasteiger partial charge in [0.1, 0.15) is 0 Å². The Morgan fingerprint density at radius 1 is 1.42 bits per heavy atom. The standard InChI is InChI=1S/C14H18BrN3O/c1-19-9-3-7-18-8-6-16-14(18)17-11-12-4-2-5-13(15)10-12/h2,4-6,8,10H,3,7,9,11H2,1H3,(H,16,17). The fraction of sp³-hybridized carbons (Fsp3) is 0.357. The Balaban J connectivity index is 1.90. The number of nitrogens with zero attached hydrogens (tertiary/aromatic N) is 2. The molecule has 0 aliphatic rings. The van der Waals surface area contributed by atoms with Crippen molar-refractivity contribution in [3.63, 3.8) is 0 Å². The molecule has 0 aliphatic carbocycles. The largest absolute Gasteiger partial charge is 0.385 e. The molecule has 0 radical (unpaired) electrons. The lowest BCUT2D eigenvalue weighted by atomic mass is 10.2. The van der Waals surface area contributed by atoms with Crippen molar-refractivity contribution in [2.45, 2.75) is 19.5 Å². The van der Waals surface area contributed by atoms with Crippen LogP contribution in [0.5, 0.6) is 0 Å². The van der Waals surface area contributed by atoms with E-state index in [2.05, 4.69) is 42.9 Å². The van der Waals surface area contributed by atoms with Crippen LogP contribution in [-0.2, 0) is 17.8 Å². The van der Waals surface area contributed by atoms with Gasteiger partial charge in [0.25, 0.3) is 0 Å². The summed E-state index contributed by atoms with van der Waals surface area (Å²) in [6.07, 6.45) is 4.79. The van der Waals surface area contributed by atoms with Crippen LogP contribution in [0.3, 0.4) is 0 Å². The van der Waals surface area contributed by atoms with Gasteiger partial charge in [-0.2, -0.15) is 0 Å². The molecule has 2 rings (SSSR count). The van der Waals surface area contributed by atoms with Crippen LogP contribution in [0.2, 0.25) is 0 Å². The Kier molecular flexibility index (Phi) is 5.42. The average Bonchev–Trinajstić information content (AvgIpc) is 2.84. The number of methoxy groups -OCH3 is 1. The molecular formula is C14H18BrN3O. The maximum atomic E-state index is 5.06. The summed E-state index contributed by atoms with van der Waals surface area (Å²) in [5.41, 5.74) is 1.22. The van der Waals surface area contributed by atoms with Crippen LogP contribution < -0.4 is 5.32 Å². The van der Waals surface area contributed by atoms with Gasteiger partial charge in [-0.15, -0.1) is 0 Å². The molecule has 0 unspecified atom stereocenters. The minimum absolute atomic E-state index is 0.765. The summed E-state index contributed by atoms with van der Waals surface area (Å²) in [4.78, 5) is 4.33. The third-order valence-corrected chi connectivity index (χ3v) is 3.30. The van der Waals surface area contributed by atoms with Crippen LogP contribution in [0.4, 0.5) is 5.95 Å². The number of aryl methyl sites for hydroxylation is 1.